The molecule has 1 aliphatic rings. The van der Waals surface area contributed by atoms with E-state index in [-0.39, 0.29) is 0 Å². The highest BCUT2D eigenvalue weighted by molar-refractivity contribution is 8.05. The normalized spacial score (nSPS) is 20.3. The molecule has 0 N–H and O–H groups in total. The van der Waals surface area contributed by atoms with E-state index in [4.69, 9.17) is 0 Å². The van der Waals surface area contributed by atoms with Crippen molar-refractivity contribution in [3.63, 3.8) is 0 Å². The second-order valence-corrected chi connectivity index (χ2v) is 19.7. The van der Waals surface area contributed by atoms with Crippen LogP contribution in [0.5, 0.6) is 0 Å². The zero-order chi connectivity index (χ0) is 22.7. The molecule has 0 aromatic carbocycles. The lowest BCUT2D eigenvalue weighted by Gasteiger charge is -2.29. The Balaban J connectivity index is 4.77. The third-order valence-corrected chi connectivity index (χ3v) is 16.8. The first kappa shape index (κ1) is 25.3. The van der Waals surface area contributed by atoms with Gasteiger partial charge in [-0.15, -0.1) is 0 Å². The zero-order valence-electron chi connectivity index (χ0n) is 15.2. The van der Waals surface area contributed by atoms with Gasteiger partial charge in [-0.25, -0.2) is 47.4 Å². The van der Waals surface area contributed by atoms with Crippen LogP contribution in [-0.4, -0.2) is 91.6 Å². The van der Waals surface area contributed by atoms with Crippen molar-refractivity contribution in [2.75, 3.05) is 31.3 Å². The largest absolute Gasteiger partial charge is 0.501 e. The number of nitrogens with zero attached hydrogens (tertiary/aromatic N) is 1. The summed E-state index contributed by atoms with van der Waals surface area (Å²) < 4.78 is 120. The van der Waals surface area contributed by atoms with Crippen LogP contribution in [0.3, 0.4) is 0 Å². The second kappa shape index (κ2) is 7.19. The summed E-state index contributed by atoms with van der Waals surface area (Å²) in [6.45, 7) is 0. The van der Waals surface area contributed by atoms with E-state index < -0.39 is 85.9 Å². The van der Waals surface area contributed by atoms with E-state index in [1.54, 1.807) is 0 Å². The molecule has 0 saturated carbocycles. The van der Waals surface area contributed by atoms with Gasteiger partial charge in [-0.05, 0) is 4.93 Å². The number of sulfone groups is 5. The number of nitriles is 1. The number of rotatable bonds is 5. The monoisotopic (exact) mass is 509 g/mol. The molecule has 0 fully saturated rings. The summed E-state index contributed by atoms with van der Waals surface area (Å²) in [5.41, 5.74) is 0. The van der Waals surface area contributed by atoms with Crippen LogP contribution in [0.25, 0.3) is 0 Å². The van der Waals surface area contributed by atoms with E-state index in [9.17, 15) is 47.4 Å². The van der Waals surface area contributed by atoms with E-state index in [1.165, 1.54) is 4.93 Å². The van der Waals surface area contributed by atoms with Gasteiger partial charge >= 0.3 is 14.1 Å². The first-order valence-corrected chi connectivity index (χ1v) is 18.3. The van der Waals surface area contributed by atoms with Gasteiger partial charge in [0.25, 0.3) is 0 Å². The van der Waals surface area contributed by atoms with Gasteiger partial charge in [0.2, 0.25) is 0 Å². The zero-order valence-corrected chi connectivity index (χ0v) is 20.5. The molecule has 11 nitrogen and oxygen atoms in total. The van der Waals surface area contributed by atoms with Crippen LogP contribution in [0.4, 0.5) is 0 Å². The Morgan fingerprint density at radius 1 is 0.679 bits per heavy atom. The molecule has 0 spiro atoms. The Labute approximate surface area is 168 Å². The van der Waals surface area contributed by atoms with E-state index in [2.05, 4.69) is 0 Å². The average Bonchev–Trinajstić information content (AvgIpc) is 2.38. The molecule has 17 heteroatoms. The second-order valence-electron chi connectivity index (χ2n) is 6.33. The minimum absolute atomic E-state index is 0.423. The Kier molecular flexibility index (Phi) is 6.49. The predicted octanol–water partition coefficient (Wildman–Crippen LogP) is -2.35. The van der Waals surface area contributed by atoms with Crippen LogP contribution in [0.1, 0.15) is 0 Å². The van der Waals surface area contributed by atoms with Gasteiger partial charge in [0.1, 0.15) is 9.84 Å². The highest BCUT2D eigenvalue weighted by atomic mass is 32.2. The smallest absolute Gasteiger partial charge is 0.230 e. The van der Waals surface area contributed by atoms with Crippen LogP contribution in [0, 0.1) is 10.2 Å². The summed E-state index contributed by atoms with van der Waals surface area (Å²) in [6, 6.07) is 0. The Bertz CT molecular complexity index is 1370. The molecule has 0 radical (unpaired) electrons. The first-order chi connectivity index (χ1) is 12.1. The number of hydrogen-bond acceptors (Lipinski definition) is 11. The fraction of sp³-hybridized carbons (Fsp3) is 0.545. The topological polar surface area (TPSA) is 194 Å². The highest BCUT2D eigenvalue weighted by Crippen LogP contribution is 2.42. The van der Waals surface area contributed by atoms with Crippen molar-refractivity contribution in [2.24, 2.45) is 0 Å². The third-order valence-electron chi connectivity index (χ3n) is 3.64. The predicted molar refractivity (Wildman–Crippen MR) is 103 cm³/mol. The lowest BCUT2D eigenvalue weighted by molar-refractivity contribution is 0.592. The van der Waals surface area contributed by atoms with Crippen molar-refractivity contribution >= 4 is 63.3 Å². The lowest BCUT2D eigenvalue weighted by atomic mass is 10.5. The van der Waals surface area contributed by atoms with Crippen LogP contribution < -0.4 is 0 Å². The summed E-state index contributed by atoms with van der Waals surface area (Å²) >= 11 is -4.08. The van der Waals surface area contributed by atoms with Crippen molar-refractivity contribution in [1.29, 1.82) is 5.26 Å². The molecule has 0 saturated heterocycles. The molecule has 0 aromatic rings. The molecule has 0 bridgehead atoms. The Morgan fingerprint density at radius 2 is 1.07 bits per heavy atom. The van der Waals surface area contributed by atoms with Gasteiger partial charge in [-0.2, -0.15) is 0 Å². The van der Waals surface area contributed by atoms with Crippen molar-refractivity contribution in [1.82, 2.24) is 0 Å². The molecule has 1 aliphatic heterocycles. The fourth-order valence-corrected chi connectivity index (χ4v) is 19.4. The van der Waals surface area contributed by atoms with Crippen molar-refractivity contribution in [3.8, 4) is 4.93 Å². The number of hydrogen-bond donors (Lipinski definition) is 0. The van der Waals surface area contributed by atoms with Crippen molar-refractivity contribution < 1.29 is 42.1 Å². The molecular formula is C11H16AlNO10S5. The van der Waals surface area contributed by atoms with Gasteiger partial charge in [0.05, 0.1) is 18.8 Å². The SMILES string of the molecule is CS(=O)(=O)C1=C(S(C)(=O)=O)[CH](S(C)(=O)=O)[Al]([C]#N)[C](S(C)(=O)=O)=C1S(C)(=O)=O. The van der Waals surface area contributed by atoms with Gasteiger partial charge < -0.3 is 0 Å². The fourth-order valence-electron chi connectivity index (χ4n) is 2.83. The van der Waals surface area contributed by atoms with E-state index in [1.807, 2.05) is 0 Å². The molecule has 0 amide bonds. The van der Waals surface area contributed by atoms with Gasteiger partial charge in [-0.1, -0.05) is 0 Å². The average molecular weight is 510 g/mol. The van der Waals surface area contributed by atoms with Crippen LogP contribution in [0.2, 0.25) is 0 Å². The van der Waals surface area contributed by atoms with Crippen LogP contribution in [0.15, 0.2) is 18.5 Å². The third kappa shape index (κ3) is 4.87. The maximum Gasteiger partial charge on any atom is 0.501 e. The minimum atomic E-state index is -4.76. The molecule has 1 unspecified atom stereocenters. The van der Waals surface area contributed by atoms with Crippen LogP contribution in [-0.2, 0) is 49.2 Å². The lowest BCUT2D eigenvalue weighted by Crippen LogP contribution is -2.48. The quantitative estimate of drug-likeness (QED) is 0.360. The molecule has 28 heavy (non-hydrogen) atoms. The molecule has 1 heterocycles. The highest BCUT2D eigenvalue weighted by Gasteiger charge is 2.57. The van der Waals surface area contributed by atoms with E-state index in [0.717, 1.165) is 0 Å². The van der Waals surface area contributed by atoms with Crippen molar-refractivity contribution in [2.45, 2.75) is 4.11 Å². The summed E-state index contributed by atoms with van der Waals surface area (Å²) in [5, 5.41) is 9.50. The maximum absolute atomic E-state index is 12.4. The summed E-state index contributed by atoms with van der Waals surface area (Å²) in [4.78, 5) is -2.60. The molecule has 158 valence electrons. The van der Waals surface area contributed by atoms with Gasteiger partial charge in [0.15, 0.2) is 39.3 Å². The molecule has 1 atom stereocenters. The molecular weight excluding hydrogens is 493 g/mol. The Morgan fingerprint density at radius 3 is 1.29 bits per heavy atom. The summed E-state index contributed by atoms with van der Waals surface area (Å²) in [7, 11) is -23.3. The standard InChI is InChI=1S/C10H16O10S5.CN.Al/c1-21(11,12)6-8(23(3,15)16)10(25(5,19)20)9(24(4,17)18)7-22(2,13)14;1-2;/h6H,1-5H3;;. The molecule has 0 aromatic heterocycles. The van der Waals surface area contributed by atoms with Crippen LogP contribution >= 0.6 is 0 Å². The summed E-state index contributed by atoms with van der Waals surface area (Å²) in [5.74, 6) is 0. The van der Waals surface area contributed by atoms with E-state index in [0.29, 0.717) is 31.3 Å². The maximum atomic E-state index is 12.4. The minimum Gasteiger partial charge on any atom is -0.230 e. The molecule has 1 rings (SSSR count). The molecule has 0 aliphatic carbocycles. The first-order valence-electron chi connectivity index (χ1n) is 6.93. The summed E-state index contributed by atoms with van der Waals surface area (Å²) in [6.07, 6.45) is 2.34. The van der Waals surface area contributed by atoms with Gasteiger partial charge in [0, 0.05) is 35.0 Å². The van der Waals surface area contributed by atoms with Gasteiger partial charge in [-0.3, -0.25) is 0 Å². The Hall–Kier alpha value is -0.748. The van der Waals surface area contributed by atoms with Crippen molar-refractivity contribution in [3.05, 3.63) is 18.5 Å². The van der Waals surface area contributed by atoms with E-state index >= 15 is 0 Å².